The molecule has 40 heavy (non-hydrogen) atoms. The van der Waals surface area contributed by atoms with Crippen LogP contribution in [-0.2, 0) is 13.2 Å². The first-order valence-electron chi connectivity index (χ1n) is 13.9. The normalized spacial score (nSPS) is 11.6. The molecule has 206 valence electrons. The van der Waals surface area contributed by atoms with Gasteiger partial charge in [0.1, 0.15) is 23.1 Å². The van der Waals surface area contributed by atoms with Gasteiger partial charge < -0.3 is 14.4 Å². The number of nitrogens with zero attached hydrogens (tertiary/aromatic N) is 3. The zero-order chi connectivity index (χ0) is 28.2. The summed E-state index contributed by atoms with van der Waals surface area (Å²) in [5.41, 5.74) is 7.02. The van der Waals surface area contributed by atoms with Gasteiger partial charge in [0, 0.05) is 11.9 Å². The van der Waals surface area contributed by atoms with E-state index in [4.69, 9.17) is 19.8 Å². The minimum absolute atomic E-state index is 0.231. The Kier molecular flexibility index (Phi) is 8.31. The van der Waals surface area contributed by atoms with Crippen molar-refractivity contribution in [3.63, 3.8) is 0 Å². The van der Waals surface area contributed by atoms with Gasteiger partial charge in [-0.05, 0) is 77.8 Å². The molecule has 0 aliphatic heterocycles. The first-order valence-corrected chi connectivity index (χ1v) is 14.7. The number of aromatic carboxylic acids is 1. The minimum atomic E-state index is -0.957. The number of carbonyl (C=O) groups is 1. The summed E-state index contributed by atoms with van der Waals surface area (Å²) in [7, 11) is 0. The number of hydrogen-bond donors (Lipinski definition) is 1. The van der Waals surface area contributed by atoms with Crippen molar-refractivity contribution in [1.29, 1.82) is 0 Å². The number of benzene rings is 3. The monoisotopic (exact) mass is 553 g/mol. The third kappa shape index (κ3) is 5.94. The fourth-order valence-electron chi connectivity index (χ4n) is 5.03. The highest BCUT2D eigenvalue weighted by Crippen LogP contribution is 2.31. The molecule has 6 nitrogen and oxygen atoms in total. The van der Waals surface area contributed by atoms with Crippen LogP contribution < -0.4 is 4.74 Å². The Morgan fingerprint density at radius 1 is 0.950 bits per heavy atom. The predicted molar refractivity (Wildman–Crippen MR) is 162 cm³/mol. The number of thiazole rings is 1. The topological polar surface area (TPSA) is 77.2 Å². The third-order valence-corrected chi connectivity index (χ3v) is 8.28. The molecule has 5 rings (SSSR count). The van der Waals surface area contributed by atoms with Gasteiger partial charge in [0.15, 0.2) is 5.82 Å². The van der Waals surface area contributed by atoms with E-state index in [1.165, 1.54) is 40.2 Å². The van der Waals surface area contributed by atoms with E-state index in [0.717, 1.165) is 40.4 Å². The maximum absolute atomic E-state index is 11.1. The van der Waals surface area contributed by atoms with Gasteiger partial charge >= 0.3 is 5.97 Å². The number of ether oxygens (including phenoxy) is 1. The van der Waals surface area contributed by atoms with E-state index in [1.54, 1.807) is 12.1 Å². The Labute approximate surface area is 239 Å². The Hall–Kier alpha value is -3.97. The summed E-state index contributed by atoms with van der Waals surface area (Å²) in [6, 6.07) is 22.0. The molecule has 0 radical (unpaired) electrons. The van der Waals surface area contributed by atoms with Crippen molar-refractivity contribution >= 4 is 28.3 Å². The van der Waals surface area contributed by atoms with E-state index in [2.05, 4.69) is 74.7 Å². The smallest absolute Gasteiger partial charge is 0.335 e. The fraction of sp³-hybridized carbons (Fsp3) is 0.303. The second kappa shape index (κ2) is 12.0. The van der Waals surface area contributed by atoms with Crippen LogP contribution in [0.5, 0.6) is 5.75 Å². The molecule has 7 heteroatoms. The molecule has 0 spiro atoms. The number of rotatable bonds is 11. The molecule has 5 aromatic rings. The average Bonchev–Trinajstić information content (AvgIpc) is 3.57. The molecular weight excluding hydrogens is 518 g/mol. The van der Waals surface area contributed by atoms with Crippen LogP contribution >= 0.6 is 11.3 Å². The summed E-state index contributed by atoms with van der Waals surface area (Å²) >= 11 is 1.53. The van der Waals surface area contributed by atoms with Gasteiger partial charge in [0.2, 0.25) is 0 Å². The zero-order valence-electron chi connectivity index (χ0n) is 23.4. The van der Waals surface area contributed by atoms with E-state index < -0.39 is 5.97 Å². The fourth-order valence-corrected chi connectivity index (χ4v) is 5.71. The molecule has 2 aromatic heterocycles. The lowest BCUT2D eigenvalue weighted by molar-refractivity contribution is 0.0697. The van der Waals surface area contributed by atoms with Crippen molar-refractivity contribution in [2.24, 2.45) is 0 Å². The van der Waals surface area contributed by atoms with Crippen molar-refractivity contribution in [3.8, 4) is 17.3 Å². The van der Waals surface area contributed by atoms with Gasteiger partial charge in [-0.3, -0.25) is 0 Å². The molecule has 0 atom stereocenters. The summed E-state index contributed by atoms with van der Waals surface area (Å²) in [5.74, 6) is 1.51. The Morgan fingerprint density at radius 3 is 2.30 bits per heavy atom. The molecule has 2 heterocycles. The van der Waals surface area contributed by atoms with E-state index >= 15 is 0 Å². The molecule has 0 unspecified atom stereocenters. The Balaban J connectivity index is 1.46. The number of carboxylic acid groups (broad SMARTS) is 1. The van der Waals surface area contributed by atoms with Crippen LogP contribution in [0.25, 0.3) is 22.6 Å². The van der Waals surface area contributed by atoms with Gasteiger partial charge in [-0.25, -0.2) is 14.8 Å². The summed E-state index contributed by atoms with van der Waals surface area (Å²) in [5, 5.41) is 12.0. The molecule has 0 aliphatic rings. The number of imidazole rings is 1. The van der Waals surface area contributed by atoms with E-state index in [1.807, 2.05) is 5.38 Å². The Morgan fingerprint density at radius 2 is 1.65 bits per heavy atom. The first-order chi connectivity index (χ1) is 19.4. The highest BCUT2D eigenvalue weighted by atomic mass is 32.1. The third-order valence-electron chi connectivity index (χ3n) is 7.46. The van der Waals surface area contributed by atoms with Crippen molar-refractivity contribution in [3.05, 3.63) is 99.4 Å². The quantitative estimate of drug-likeness (QED) is 0.177. The number of carboxylic acids is 1. The van der Waals surface area contributed by atoms with E-state index in [0.29, 0.717) is 30.7 Å². The maximum Gasteiger partial charge on any atom is 0.335 e. The summed E-state index contributed by atoms with van der Waals surface area (Å²) in [6.45, 7) is 9.90. The predicted octanol–water partition coefficient (Wildman–Crippen LogP) is 8.51. The van der Waals surface area contributed by atoms with Crippen molar-refractivity contribution in [2.75, 3.05) is 0 Å². The van der Waals surface area contributed by atoms with E-state index in [-0.39, 0.29) is 5.56 Å². The highest BCUT2D eigenvalue weighted by Gasteiger charge is 2.18. The standard InChI is InChI=1S/C33H35N3O3S/c1-5-23(6-2)26-13-16-30-28(17-26)35-32(36(30)18-22-7-9-24(10-8-22)21(3)4)29-20-40-31(34-29)19-39-27-14-11-25(12-15-27)33(37)38/h7-17,20-21,23H,5-6,18-19H2,1-4H3,(H,37,38). The number of hydrogen-bond acceptors (Lipinski definition) is 5. The molecule has 0 fully saturated rings. The second-order valence-electron chi connectivity index (χ2n) is 10.4. The van der Waals surface area contributed by atoms with Gasteiger partial charge in [-0.1, -0.05) is 58.0 Å². The van der Waals surface area contributed by atoms with Gasteiger partial charge in [0.25, 0.3) is 0 Å². The first kappa shape index (κ1) is 27.6. The van der Waals surface area contributed by atoms with Gasteiger partial charge in [-0.15, -0.1) is 11.3 Å². The maximum atomic E-state index is 11.1. The lowest BCUT2D eigenvalue weighted by Gasteiger charge is -2.13. The highest BCUT2D eigenvalue weighted by molar-refractivity contribution is 7.09. The van der Waals surface area contributed by atoms with Crippen molar-refractivity contribution in [2.45, 2.75) is 65.5 Å². The van der Waals surface area contributed by atoms with Crippen LogP contribution in [0.3, 0.4) is 0 Å². The van der Waals surface area contributed by atoms with Crippen LogP contribution in [0.15, 0.2) is 72.1 Å². The van der Waals surface area contributed by atoms with E-state index in [9.17, 15) is 4.79 Å². The lowest BCUT2D eigenvalue weighted by Crippen LogP contribution is -2.03. The molecule has 0 bridgehead atoms. The minimum Gasteiger partial charge on any atom is -0.486 e. The molecule has 1 N–H and O–H groups in total. The summed E-state index contributed by atoms with van der Waals surface area (Å²) in [6.07, 6.45) is 2.21. The van der Waals surface area contributed by atoms with Gasteiger partial charge in [-0.2, -0.15) is 0 Å². The van der Waals surface area contributed by atoms with Crippen LogP contribution in [0, 0.1) is 0 Å². The average molecular weight is 554 g/mol. The largest absolute Gasteiger partial charge is 0.486 e. The molecule has 0 saturated carbocycles. The van der Waals surface area contributed by atoms with Crippen molar-refractivity contribution < 1.29 is 14.6 Å². The second-order valence-corrected chi connectivity index (χ2v) is 11.4. The van der Waals surface area contributed by atoms with Crippen LogP contribution in [-0.4, -0.2) is 25.6 Å². The molecule has 0 amide bonds. The Bertz CT molecular complexity index is 1600. The SMILES string of the molecule is CCC(CC)c1ccc2c(c1)nc(-c1csc(COc3ccc(C(=O)O)cc3)n1)n2Cc1ccc(C(C)C)cc1. The zero-order valence-corrected chi connectivity index (χ0v) is 24.2. The molecular formula is C33H35N3O3S. The molecule has 0 saturated heterocycles. The summed E-state index contributed by atoms with van der Waals surface area (Å²) in [4.78, 5) is 21.1. The van der Waals surface area contributed by atoms with Crippen LogP contribution in [0.4, 0.5) is 0 Å². The van der Waals surface area contributed by atoms with Gasteiger partial charge in [0.05, 0.1) is 16.6 Å². The number of aromatic nitrogens is 3. The number of fused-ring (bicyclic) bond motifs is 1. The summed E-state index contributed by atoms with van der Waals surface area (Å²) < 4.78 is 8.15. The molecule has 0 aliphatic carbocycles. The molecule has 3 aromatic carbocycles. The van der Waals surface area contributed by atoms with Crippen LogP contribution in [0.1, 0.15) is 84.4 Å². The lowest BCUT2D eigenvalue weighted by atomic mass is 9.94. The van der Waals surface area contributed by atoms with Crippen molar-refractivity contribution in [1.82, 2.24) is 14.5 Å². The van der Waals surface area contributed by atoms with Crippen LogP contribution in [0.2, 0.25) is 0 Å².